The monoisotopic (exact) mass is 404 g/mol. The van der Waals surface area contributed by atoms with Crippen molar-refractivity contribution in [2.24, 2.45) is 0 Å². The molecule has 28 heavy (non-hydrogen) atoms. The van der Waals surface area contributed by atoms with Gasteiger partial charge in [0, 0.05) is 57.3 Å². The van der Waals surface area contributed by atoms with Crippen molar-refractivity contribution in [3.05, 3.63) is 28.8 Å². The Bertz CT molecular complexity index is 727. The third kappa shape index (κ3) is 4.34. The number of halogens is 1. The van der Waals surface area contributed by atoms with Crippen LogP contribution in [0, 0.1) is 0 Å². The molecule has 6 nitrogen and oxygen atoms in total. The van der Waals surface area contributed by atoms with E-state index < -0.39 is 0 Å². The summed E-state index contributed by atoms with van der Waals surface area (Å²) in [4.78, 5) is 34.0. The number of carbonyl (C=O) groups excluding carboxylic acids is 2. The Labute approximate surface area is 172 Å². The lowest BCUT2D eigenvalue weighted by molar-refractivity contribution is -0.117. The minimum Gasteiger partial charge on any atom is -0.336 e. The first-order valence-corrected chi connectivity index (χ1v) is 10.8. The summed E-state index contributed by atoms with van der Waals surface area (Å²) in [6.07, 6.45) is 4.01. The second kappa shape index (κ2) is 8.80. The smallest absolute Gasteiger partial charge is 0.256 e. The van der Waals surface area contributed by atoms with Gasteiger partial charge in [0.15, 0.2) is 0 Å². The van der Waals surface area contributed by atoms with Gasteiger partial charge in [0.05, 0.1) is 11.3 Å². The Kier molecular flexibility index (Phi) is 6.19. The molecule has 0 bridgehead atoms. The van der Waals surface area contributed by atoms with Crippen LogP contribution in [0.4, 0.5) is 5.69 Å². The molecule has 3 heterocycles. The number of likely N-dealkylation sites (tertiary alicyclic amines) is 1. The lowest BCUT2D eigenvalue weighted by Crippen LogP contribution is -2.50. The van der Waals surface area contributed by atoms with Crippen molar-refractivity contribution in [3.63, 3.8) is 0 Å². The van der Waals surface area contributed by atoms with Crippen molar-refractivity contribution in [2.45, 2.75) is 25.7 Å². The minimum atomic E-state index is 0.00515. The molecular formula is C21H29ClN4O2. The van der Waals surface area contributed by atoms with Crippen molar-refractivity contribution in [1.82, 2.24) is 14.7 Å². The number of nitrogens with zero attached hydrogens (tertiary/aromatic N) is 4. The molecule has 0 saturated carbocycles. The van der Waals surface area contributed by atoms with Crippen molar-refractivity contribution < 1.29 is 9.59 Å². The molecule has 4 rings (SSSR count). The average Bonchev–Trinajstić information content (AvgIpc) is 3.38. The fourth-order valence-electron chi connectivity index (χ4n) is 4.45. The fraction of sp³-hybridized carbons (Fsp3) is 0.619. The molecule has 3 aliphatic heterocycles. The summed E-state index contributed by atoms with van der Waals surface area (Å²) < 4.78 is 0. The summed E-state index contributed by atoms with van der Waals surface area (Å²) in [6, 6.07) is 5.26. The van der Waals surface area contributed by atoms with E-state index in [2.05, 4.69) is 9.80 Å². The Balaban J connectivity index is 1.38. The molecule has 3 saturated heterocycles. The van der Waals surface area contributed by atoms with Gasteiger partial charge < -0.3 is 14.7 Å². The number of hydrogen-bond acceptors (Lipinski definition) is 4. The highest BCUT2D eigenvalue weighted by Crippen LogP contribution is 2.30. The van der Waals surface area contributed by atoms with Gasteiger partial charge in [0.25, 0.3) is 5.91 Å². The topological polar surface area (TPSA) is 47.1 Å². The number of hydrogen-bond donors (Lipinski definition) is 0. The van der Waals surface area contributed by atoms with Gasteiger partial charge in [-0.1, -0.05) is 11.6 Å². The lowest BCUT2D eigenvalue weighted by Gasteiger charge is -2.36. The maximum atomic E-state index is 13.2. The summed E-state index contributed by atoms with van der Waals surface area (Å²) in [6.45, 7) is 8.60. The second-order valence-corrected chi connectivity index (χ2v) is 8.43. The summed E-state index contributed by atoms with van der Waals surface area (Å²) in [5, 5.41) is 0.554. The quantitative estimate of drug-likeness (QED) is 0.755. The van der Waals surface area contributed by atoms with E-state index in [0.717, 1.165) is 45.7 Å². The molecule has 0 N–H and O–H groups in total. The van der Waals surface area contributed by atoms with Crippen LogP contribution >= 0.6 is 11.6 Å². The van der Waals surface area contributed by atoms with Gasteiger partial charge >= 0.3 is 0 Å². The largest absolute Gasteiger partial charge is 0.336 e. The zero-order valence-corrected chi connectivity index (χ0v) is 17.2. The van der Waals surface area contributed by atoms with Crippen molar-refractivity contribution in [1.29, 1.82) is 0 Å². The maximum Gasteiger partial charge on any atom is 0.256 e. The summed E-state index contributed by atoms with van der Waals surface area (Å²) in [5.74, 6) is 0.0774. The molecule has 2 amide bonds. The molecule has 1 aromatic carbocycles. The number of rotatable bonds is 5. The second-order valence-electron chi connectivity index (χ2n) is 7.99. The van der Waals surface area contributed by atoms with Crippen LogP contribution < -0.4 is 4.90 Å². The Hall–Kier alpha value is -1.63. The van der Waals surface area contributed by atoms with E-state index in [9.17, 15) is 9.59 Å². The van der Waals surface area contributed by atoms with Crippen LogP contribution in [0.3, 0.4) is 0 Å². The van der Waals surface area contributed by atoms with Crippen LogP contribution in [0.2, 0.25) is 5.02 Å². The van der Waals surface area contributed by atoms with E-state index in [4.69, 9.17) is 11.6 Å². The van der Waals surface area contributed by atoms with E-state index in [1.165, 1.54) is 25.9 Å². The molecule has 3 aliphatic rings. The Morgan fingerprint density at radius 3 is 2.21 bits per heavy atom. The van der Waals surface area contributed by atoms with Crippen LogP contribution in [0.15, 0.2) is 18.2 Å². The van der Waals surface area contributed by atoms with Gasteiger partial charge in [-0.05, 0) is 50.6 Å². The van der Waals surface area contributed by atoms with E-state index in [1.807, 2.05) is 4.90 Å². The molecule has 1 aromatic rings. The van der Waals surface area contributed by atoms with Crippen LogP contribution in [0.5, 0.6) is 0 Å². The van der Waals surface area contributed by atoms with Crippen molar-refractivity contribution in [3.8, 4) is 0 Å². The molecule has 152 valence electrons. The summed E-state index contributed by atoms with van der Waals surface area (Å²) >= 11 is 6.17. The van der Waals surface area contributed by atoms with Gasteiger partial charge in [-0.15, -0.1) is 0 Å². The highest BCUT2D eigenvalue weighted by molar-refractivity contribution is 6.31. The molecule has 0 aliphatic carbocycles. The predicted molar refractivity (Wildman–Crippen MR) is 111 cm³/mol. The zero-order valence-electron chi connectivity index (χ0n) is 16.4. The van der Waals surface area contributed by atoms with Gasteiger partial charge in [0.2, 0.25) is 5.91 Å². The van der Waals surface area contributed by atoms with Crippen molar-refractivity contribution >= 4 is 29.1 Å². The maximum absolute atomic E-state index is 13.2. The Morgan fingerprint density at radius 2 is 1.57 bits per heavy atom. The molecule has 0 unspecified atom stereocenters. The van der Waals surface area contributed by atoms with E-state index in [-0.39, 0.29) is 11.8 Å². The molecule has 0 atom stereocenters. The van der Waals surface area contributed by atoms with E-state index >= 15 is 0 Å². The van der Waals surface area contributed by atoms with Crippen LogP contribution in [0.1, 0.15) is 36.0 Å². The molecule has 3 fully saturated rings. The Morgan fingerprint density at radius 1 is 0.893 bits per heavy atom. The summed E-state index contributed by atoms with van der Waals surface area (Å²) in [5.41, 5.74) is 1.25. The molecule has 0 radical (unpaired) electrons. The SMILES string of the molecule is O=C(c1ccc(Cl)cc1N1CCCC1=O)N1CCN(CCN2CCCC2)CC1. The number of anilines is 1. The first-order chi connectivity index (χ1) is 13.6. The number of amides is 2. The molecular weight excluding hydrogens is 376 g/mol. The first-order valence-electron chi connectivity index (χ1n) is 10.5. The van der Waals surface area contributed by atoms with Gasteiger partial charge in [-0.25, -0.2) is 0 Å². The van der Waals surface area contributed by atoms with Gasteiger partial charge in [-0.3, -0.25) is 14.5 Å². The van der Waals surface area contributed by atoms with Gasteiger partial charge in [-0.2, -0.15) is 0 Å². The van der Waals surface area contributed by atoms with Crippen LogP contribution in [0.25, 0.3) is 0 Å². The number of carbonyl (C=O) groups is 2. The first kappa shape index (κ1) is 19.7. The standard InChI is InChI=1S/C21H29ClN4O2/c22-17-5-6-18(19(16-17)26-9-3-4-20(26)27)21(28)25-14-12-24(13-15-25)11-10-23-7-1-2-8-23/h5-6,16H,1-4,7-15H2. The highest BCUT2D eigenvalue weighted by Gasteiger charge is 2.29. The average molecular weight is 405 g/mol. The molecule has 7 heteroatoms. The van der Waals surface area contributed by atoms with E-state index in [1.54, 1.807) is 23.1 Å². The number of piperazine rings is 1. The normalized spacial score (nSPS) is 21.7. The molecule has 0 spiro atoms. The number of benzene rings is 1. The van der Waals surface area contributed by atoms with Crippen LogP contribution in [-0.4, -0.2) is 85.4 Å². The predicted octanol–water partition coefficient (Wildman–Crippen LogP) is 2.32. The molecule has 0 aromatic heterocycles. The highest BCUT2D eigenvalue weighted by atomic mass is 35.5. The van der Waals surface area contributed by atoms with Gasteiger partial charge in [0.1, 0.15) is 0 Å². The third-order valence-electron chi connectivity index (χ3n) is 6.15. The zero-order chi connectivity index (χ0) is 19.5. The minimum absolute atomic E-state index is 0.00515. The fourth-order valence-corrected chi connectivity index (χ4v) is 4.61. The van der Waals surface area contributed by atoms with Crippen molar-refractivity contribution in [2.75, 3.05) is 63.8 Å². The summed E-state index contributed by atoms with van der Waals surface area (Å²) in [7, 11) is 0. The van der Waals surface area contributed by atoms with Crippen LogP contribution in [-0.2, 0) is 4.79 Å². The third-order valence-corrected chi connectivity index (χ3v) is 6.38. The van der Waals surface area contributed by atoms with E-state index in [0.29, 0.717) is 29.2 Å². The lowest BCUT2D eigenvalue weighted by atomic mass is 10.1.